The molecule has 0 unspecified atom stereocenters. The van der Waals surface area contributed by atoms with Crippen LogP contribution < -0.4 is 21.1 Å². The smallest absolute Gasteiger partial charge is 0.241 e. The van der Waals surface area contributed by atoms with Gasteiger partial charge in [0.15, 0.2) is 0 Å². The Bertz CT molecular complexity index is 4630. The van der Waals surface area contributed by atoms with E-state index in [1.54, 1.807) is 0 Å². The Morgan fingerprint density at radius 1 is 0.386 bits per heavy atom. The van der Waals surface area contributed by atoms with Gasteiger partial charge in [-0.2, -0.15) is 0 Å². The van der Waals surface area contributed by atoms with E-state index in [0.29, 0.717) is 5.69 Å². The van der Waals surface area contributed by atoms with E-state index in [-0.39, 0.29) is 17.5 Å². The maximum atomic E-state index is 10.2. The predicted molar refractivity (Wildman–Crippen MR) is 350 cm³/mol. The molecule has 0 radical (unpaired) electrons. The lowest BCUT2D eigenvalue weighted by Crippen LogP contribution is -2.58. The second kappa shape index (κ2) is 18.7. The van der Waals surface area contributed by atoms with Crippen LogP contribution in [0.1, 0.15) is 67.5 Å². The second-order valence-electron chi connectivity index (χ2n) is 24.9. The standard InChI is InChI=1S/C78H62BN3O/c1-47-38-49(3)71-67(40-47)83-68-41-48(2)39-50(4)72(68)79(71)73-69-70(78(7,8)46-77(69,5)6)75(81-63-34-30-55(51-22-14-10-15-23-51)42-59(63)60-43-56(31-35-64(60)81)52-24-16-11-17-25-52)76(74(73)80-9)82-65-36-32-57(53-26-18-12-19-27-53)44-61(65)62-45-58(33-37-66(62)82)54-28-20-13-21-29-54/h10-45H,46H2,1-8H3. The van der Waals surface area contributed by atoms with E-state index in [2.05, 4.69) is 283 Å². The predicted octanol–water partition coefficient (Wildman–Crippen LogP) is 18.9. The first-order valence-electron chi connectivity index (χ1n) is 29.2. The average molecular weight is 1070 g/mol. The summed E-state index contributed by atoms with van der Waals surface area (Å²) in [4.78, 5) is 5.09. The van der Waals surface area contributed by atoms with Crippen molar-refractivity contribution in [2.24, 2.45) is 0 Å². The summed E-state index contributed by atoms with van der Waals surface area (Å²) in [6.07, 6.45) is 0.875. The fraction of sp³-hybridized carbons (Fsp3) is 0.141. The third-order valence-electron chi connectivity index (χ3n) is 18.3. The molecule has 13 aromatic rings. The number of hydrogen-bond acceptors (Lipinski definition) is 1. The van der Waals surface area contributed by atoms with Crippen molar-refractivity contribution < 1.29 is 4.74 Å². The largest absolute Gasteiger partial charge is 0.458 e. The fourth-order valence-corrected chi connectivity index (χ4v) is 15.3. The highest BCUT2D eigenvalue weighted by molar-refractivity contribution is 6.98. The highest BCUT2D eigenvalue weighted by atomic mass is 16.5. The molecule has 0 bridgehead atoms. The van der Waals surface area contributed by atoms with Crippen molar-refractivity contribution in [3.8, 4) is 67.4 Å². The van der Waals surface area contributed by atoms with E-state index >= 15 is 0 Å². The first-order chi connectivity index (χ1) is 40.3. The molecule has 0 spiro atoms. The van der Waals surface area contributed by atoms with E-state index in [1.807, 2.05) is 0 Å². The zero-order chi connectivity index (χ0) is 56.6. The molecule has 398 valence electrons. The molecule has 83 heavy (non-hydrogen) atoms. The Morgan fingerprint density at radius 3 is 1.07 bits per heavy atom. The number of fused-ring (bicyclic) bond motifs is 9. The Hall–Kier alpha value is -9.63. The van der Waals surface area contributed by atoms with Gasteiger partial charge in [0.2, 0.25) is 12.4 Å². The van der Waals surface area contributed by atoms with Gasteiger partial charge in [-0.1, -0.05) is 208 Å². The molecule has 3 heterocycles. The van der Waals surface area contributed by atoms with Gasteiger partial charge in [0.25, 0.3) is 0 Å². The summed E-state index contributed by atoms with van der Waals surface area (Å²) in [5, 5.41) is 4.58. The van der Waals surface area contributed by atoms with Crippen molar-refractivity contribution in [3.63, 3.8) is 0 Å². The van der Waals surface area contributed by atoms with Crippen LogP contribution in [0.3, 0.4) is 0 Å². The van der Waals surface area contributed by atoms with Crippen molar-refractivity contribution >= 4 is 72.4 Å². The molecule has 1 aliphatic carbocycles. The summed E-state index contributed by atoms with van der Waals surface area (Å²) in [5.41, 5.74) is 25.8. The van der Waals surface area contributed by atoms with E-state index in [0.717, 1.165) is 145 Å². The minimum Gasteiger partial charge on any atom is -0.458 e. The molecule has 2 aliphatic rings. The topological polar surface area (TPSA) is 23.4 Å². The van der Waals surface area contributed by atoms with Crippen LogP contribution in [-0.2, 0) is 10.8 Å². The summed E-state index contributed by atoms with van der Waals surface area (Å²) in [7, 11) is 0. The van der Waals surface area contributed by atoms with Crippen LogP contribution in [0.4, 0.5) is 5.69 Å². The van der Waals surface area contributed by atoms with Gasteiger partial charge >= 0.3 is 0 Å². The zero-order valence-electron chi connectivity index (χ0n) is 48.3. The lowest BCUT2D eigenvalue weighted by Gasteiger charge is -2.36. The number of aryl methyl sites for hydroxylation is 4. The van der Waals surface area contributed by atoms with Crippen LogP contribution in [0, 0.1) is 34.3 Å². The minimum absolute atomic E-state index is 0.323. The van der Waals surface area contributed by atoms with Gasteiger partial charge in [0, 0.05) is 21.5 Å². The third kappa shape index (κ3) is 7.80. The molecule has 0 N–H and O–H groups in total. The fourth-order valence-electron chi connectivity index (χ4n) is 15.3. The van der Waals surface area contributed by atoms with Gasteiger partial charge in [-0.15, -0.1) is 0 Å². The number of aromatic nitrogens is 2. The molecule has 15 rings (SSSR count). The van der Waals surface area contributed by atoms with E-state index in [9.17, 15) is 6.57 Å². The Kier molecular flexibility index (Phi) is 11.3. The quantitative estimate of drug-likeness (QED) is 0.115. The van der Waals surface area contributed by atoms with Gasteiger partial charge in [-0.05, 0) is 178 Å². The molecule has 0 saturated carbocycles. The van der Waals surface area contributed by atoms with Crippen LogP contribution in [-0.4, -0.2) is 15.8 Å². The van der Waals surface area contributed by atoms with E-state index < -0.39 is 0 Å². The third-order valence-corrected chi connectivity index (χ3v) is 18.3. The zero-order valence-corrected chi connectivity index (χ0v) is 48.3. The molecule has 4 nitrogen and oxygen atoms in total. The number of nitrogens with zero attached hydrogens (tertiary/aromatic N) is 3. The van der Waals surface area contributed by atoms with Crippen LogP contribution in [0.15, 0.2) is 218 Å². The van der Waals surface area contributed by atoms with Crippen LogP contribution in [0.5, 0.6) is 11.5 Å². The maximum absolute atomic E-state index is 10.2. The molecule has 0 saturated heterocycles. The van der Waals surface area contributed by atoms with Crippen LogP contribution in [0.2, 0.25) is 0 Å². The Balaban J connectivity index is 1.18. The van der Waals surface area contributed by atoms with Gasteiger partial charge in [-0.25, -0.2) is 4.85 Å². The van der Waals surface area contributed by atoms with Crippen LogP contribution in [0.25, 0.3) is 104 Å². The van der Waals surface area contributed by atoms with Crippen molar-refractivity contribution in [1.82, 2.24) is 9.13 Å². The van der Waals surface area contributed by atoms with Gasteiger partial charge in [0.1, 0.15) is 11.5 Å². The summed E-state index contributed by atoms with van der Waals surface area (Å²) < 4.78 is 12.2. The number of rotatable bonds is 7. The normalized spacial score (nSPS) is 14.0. The summed E-state index contributed by atoms with van der Waals surface area (Å²) in [5.74, 6) is 1.72. The summed E-state index contributed by atoms with van der Waals surface area (Å²) in [6.45, 7) is 28.4. The lowest BCUT2D eigenvalue weighted by atomic mass is 9.33. The maximum Gasteiger partial charge on any atom is 0.241 e. The van der Waals surface area contributed by atoms with Gasteiger partial charge in [-0.3, -0.25) is 0 Å². The van der Waals surface area contributed by atoms with Gasteiger partial charge in [0.05, 0.1) is 40.0 Å². The number of hydrogen-bond donors (Lipinski definition) is 0. The molecule has 11 aromatic carbocycles. The first kappa shape index (κ1) is 50.3. The molecule has 0 fully saturated rings. The SMILES string of the molecule is [C-]#[N+]c1c(B2c3c(C)cc(C)cc3Oc3cc(C)cc(C)c32)c2c(c(-n3c4ccc(-c5ccccc5)cc4c4cc(-c5ccccc5)ccc43)c1-n1c3ccc(-c4ccccc4)cc3c3cc(-c4ccccc4)ccc31)C(C)(C)CC2(C)C. The van der Waals surface area contributed by atoms with Crippen molar-refractivity contribution in [1.29, 1.82) is 0 Å². The molecular formula is C78H62BN3O. The monoisotopic (exact) mass is 1070 g/mol. The van der Waals surface area contributed by atoms with E-state index in [4.69, 9.17) is 9.58 Å². The lowest BCUT2D eigenvalue weighted by molar-refractivity contribution is 0.403. The minimum atomic E-state index is -0.379. The highest BCUT2D eigenvalue weighted by Gasteiger charge is 2.51. The second-order valence-corrected chi connectivity index (χ2v) is 24.9. The number of ether oxygens (including phenoxy) is 1. The number of benzene rings is 11. The van der Waals surface area contributed by atoms with Gasteiger partial charge < -0.3 is 13.9 Å². The summed E-state index contributed by atoms with van der Waals surface area (Å²) in [6, 6.07) is 80.1. The highest BCUT2D eigenvalue weighted by Crippen LogP contribution is 2.57. The molecule has 5 heteroatoms. The molecular weight excluding hydrogens is 1010 g/mol. The average Bonchev–Trinajstić information content (AvgIpc) is 1.78. The Morgan fingerprint density at radius 2 is 0.723 bits per heavy atom. The van der Waals surface area contributed by atoms with Crippen molar-refractivity contribution in [2.45, 2.75) is 72.6 Å². The summed E-state index contributed by atoms with van der Waals surface area (Å²) >= 11 is 0. The molecule has 0 amide bonds. The Labute approximate surface area is 486 Å². The molecule has 0 atom stereocenters. The van der Waals surface area contributed by atoms with Crippen LogP contribution >= 0.6 is 0 Å². The molecule has 1 aliphatic heterocycles. The first-order valence-corrected chi connectivity index (χ1v) is 29.2. The van der Waals surface area contributed by atoms with Crippen molar-refractivity contribution in [2.75, 3.05) is 0 Å². The van der Waals surface area contributed by atoms with Crippen molar-refractivity contribution in [3.05, 3.63) is 263 Å². The van der Waals surface area contributed by atoms with E-state index in [1.165, 1.54) is 22.3 Å². The molecule has 2 aromatic heterocycles.